The normalized spacial score (nSPS) is 9.71. The lowest BCUT2D eigenvalue weighted by atomic mass is 11.0. The molecule has 0 bridgehead atoms. The maximum atomic E-state index is 11.0. The Bertz CT molecular complexity index is 356. The molecule has 0 atom stereocenters. The first-order valence-corrected chi connectivity index (χ1v) is 3.73. The van der Waals surface area contributed by atoms with Crippen molar-refractivity contribution in [1.82, 2.24) is 19.9 Å². The molecule has 7 nitrogen and oxygen atoms in total. The van der Waals surface area contributed by atoms with Crippen molar-refractivity contribution in [3.05, 3.63) is 24.8 Å². The highest BCUT2D eigenvalue weighted by molar-refractivity contribution is 5.64. The lowest BCUT2D eigenvalue weighted by molar-refractivity contribution is 0.144. The Kier molecular flexibility index (Phi) is 2.14. The molecule has 0 aliphatic rings. The molecule has 2 aromatic heterocycles. The highest BCUT2D eigenvalue weighted by atomic mass is 16.7. The summed E-state index contributed by atoms with van der Waals surface area (Å²) in [5, 5.41) is 0. The minimum absolute atomic E-state index is 0.0709. The van der Waals surface area contributed by atoms with Gasteiger partial charge in [0.05, 0.1) is 0 Å². The number of rotatable bonds is 2. The summed E-state index contributed by atoms with van der Waals surface area (Å²) in [5.41, 5.74) is 0. The predicted molar refractivity (Wildman–Crippen MR) is 43.8 cm³/mol. The third-order valence-corrected chi connectivity index (χ3v) is 1.31. The number of imidazole rings is 2. The van der Waals surface area contributed by atoms with Crippen LogP contribution in [0.4, 0.5) is 4.79 Å². The molecular weight excluding hydrogens is 188 g/mol. The number of carbonyl (C=O) groups excluding carboxylic acids is 1. The minimum atomic E-state index is -0.908. The molecule has 0 saturated heterocycles. The van der Waals surface area contributed by atoms with Gasteiger partial charge >= 0.3 is 18.2 Å². The van der Waals surface area contributed by atoms with Gasteiger partial charge in [0.2, 0.25) is 0 Å². The van der Waals surface area contributed by atoms with E-state index in [1.165, 1.54) is 24.8 Å². The van der Waals surface area contributed by atoms with Crippen LogP contribution in [-0.4, -0.2) is 26.1 Å². The van der Waals surface area contributed by atoms with Gasteiger partial charge in [-0.15, -0.1) is 0 Å². The van der Waals surface area contributed by atoms with Crippen LogP contribution >= 0.6 is 0 Å². The van der Waals surface area contributed by atoms with Gasteiger partial charge in [0.1, 0.15) is 0 Å². The second-order valence-corrected chi connectivity index (χ2v) is 2.24. The standard InChI is InChI=1S/C7H6N4O3/c12-7(13-5-8-1-2-9-5)14-6-10-3-4-11-6/h1-4H,(H,8,9)(H,10,11). The quantitative estimate of drug-likeness (QED) is 0.686. The minimum Gasteiger partial charge on any atom is -0.360 e. The van der Waals surface area contributed by atoms with E-state index in [9.17, 15) is 4.79 Å². The highest BCUT2D eigenvalue weighted by Crippen LogP contribution is 2.03. The van der Waals surface area contributed by atoms with E-state index in [2.05, 4.69) is 29.4 Å². The van der Waals surface area contributed by atoms with Gasteiger partial charge < -0.3 is 19.4 Å². The molecule has 2 rings (SSSR count). The van der Waals surface area contributed by atoms with E-state index in [0.717, 1.165) is 0 Å². The third-order valence-electron chi connectivity index (χ3n) is 1.31. The Morgan fingerprint density at radius 3 is 1.93 bits per heavy atom. The van der Waals surface area contributed by atoms with Crippen molar-refractivity contribution in [2.24, 2.45) is 0 Å². The second kappa shape index (κ2) is 3.60. The fourth-order valence-electron chi connectivity index (χ4n) is 0.792. The van der Waals surface area contributed by atoms with Gasteiger partial charge in [-0.2, -0.15) is 0 Å². The lowest BCUT2D eigenvalue weighted by Gasteiger charge is -1.98. The topological polar surface area (TPSA) is 92.9 Å². The van der Waals surface area contributed by atoms with Crippen molar-refractivity contribution in [2.75, 3.05) is 0 Å². The number of nitrogens with one attached hydrogen (secondary N) is 2. The first-order valence-electron chi connectivity index (χ1n) is 3.73. The first-order chi connectivity index (χ1) is 6.84. The molecule has 2 N–H and O–H groups in total. The van der Waals surface area contributed by atoms with E-state index in [4.69, 9.17) is 0 Å². The molecule has 0 aliphatic heterocycles. The zero-order valence-corrected chi connectivity index (χ0v) is 6.93. The molecule has 0 radical (unpaired) electrons. The van der Waals surface area contributed by atoms with Crippen molar-refractivity contribution >= 4 is 6.16 Å². The van der Waals surface area contributed by atoms with Gasteiger partial charge in [-0.05, 0) is 0 Å². The van der Waals surface area contributed by atoms with Gasteiger partial charge in [0.15, 0.2) is 0 Å². The third kappa shape index (κ3) is 1.89. The van der Waals surface area contributed by atoms with E-state index in [1.54, 1.807) is 0 Å². The summed E-state index contributed by atoms with van der Waals surface area (Å²) in [5.74, 6) is 0. The van der Waals surface area contributed by atoms with Gasteiger partial charge in [-0.1, -0.05) is 0 Å². The summed E-state index contributed by atoms with van der Waals surface area (Å²) in [4.78, 5) is 23.5. The molecule has 2 aromatic rings. The van der Waals surface area contributed by atoms with Crippen LogP contribution in [-0.2, 0) is 0 Å². The van der Waals surface area contributed by atoms with Gasteiger partial charge in [0, 0.05) is 24.8 Å². The summed E-state index contributed by atoms with van der Waals surface area (Å²) in [6.07, 6.45) is 5.05. The summed E-state index contributed by atoms with van der Waals surface area (Å²) >= 11 is 0. The van der Waals surface area contributed by atoms with Crippen LogP contribution in [0.3, 0.4) is 0 Å². The molecule has 7 heteroatoms. The SMILES string of the molecule is O=C(Oc1ncc[nH]1)Oc1ncc[nH]1. The Balaban J connectivity index is 1.91. The highest BCUT2D eigenvalue weighted by Gasteiger charge is 2.09. The summed E-state index contributed by atoms with van der Waals surface area (Å²) in [7, 11) is 0. The zero-order valence-electron chi connectivity index (χ0n) is 6.93. The van der Waals surface area contributed by atoms with Crippen molar-refractivity contribution in [2.45, 2.75) is 0 Å². The first kappa shape index (κ1) is 8.30. The van der Waals surface area contributed by atoms with Crippen LogP contribution in [0, 0.1) is 0 Å². The monoisotopic (exact) mass is 194 g/mol. The van der Waals surface area contributed by atoms with Gasteiger partial charge in [-0.3, -0.25) is 0 Å². The maximum Gasteiger partial charge on any atom is 0.524 e. The van der Waals surface area contributed by atoms with Crippen LogP contribution in [0.5, 0.6) is 12.0 Å². The van der Waals surface area contributed by atoms with E-state index in [0.29, 0.717) is 0 Å². The predicted octanol–water partition coefficient (Wildman–Crippen LogP) is 0.711. The van der Waals surface area contributed by atoms with Crippen molar-refractivity contribution < 1.29 is 14.3 Å². The summed E-state index contributed by atoms with van der Waals surface area (Å²) < 4.78 is 9.28. The summed E-state index contributed by atoms with van der Waals surface area (Å²) in [6, 6.07) is 0.142. The molecule has 72 valence electrons. The molecule has 0 aliphatic carbocycles. The molecule has 0 spiro atoms. The number of carbonyl (C=O) groups is 1. The maximum absolute atomic E-state index is 11.0. The molecule has 0 unspecified atom stereocenters. The molecule has 0 aromatic carbocycles. The van der Waals surface area contributed by atoms with Gasteiger partial charge in [-0.25, -0.2) is 14.8 Å². The van der Waals surface area contributed by atoms with Gasteiger partial charge in [0.25, 0.3) is 0 Å². The smallest absolute Gasteiger partial charge is 0.360 e. The van der Waals surface area contributed by atoms with Crippen molar-refractivity contribution in [3.8, 4) is 12.0 Å². The fourth-order valence-corrected chi connectivity index (χ4v) is 0.792. The van der Waals surface area contributed by atoms with Crippen LogP contribution in [0.15, 0.2) is 24.8 Å². The molecule has 0 amide bonds. The van der Waals surface area contributed by atoms with Crippen LogP contribution in [0.25, 0.3) is 0 Å². The van der Waals surface area contributed by atoms with E-state index in [1.807, 2.05) is 0 Å². The van der Waals surface area contributed by atoms with Crippen molar-refractivity contribution in [1.29, 1.82) is 0 Å². The average molecular weight is 194 g/mol. The number of ether oxygens (including phenoxy) is 2. The zero-order chi connectivity index (χ0) is 9.80. The molecule has 14 heavy (non-hydrogen) atoms. The lowest BCUT2D eigenvalue weighted by Crippen LogP contribution is -2.15. The number of aromatic amines is 2. The second-order valence-electron chi connectivity index (χ2n) is 2.24. The Hall–Kier alpha value is -2.31. The largest absolute Gasteiger partial charge is 0.524 e. The number of H-pyrrole nitrogens is 2. The summed E-state index contributed by atoms with van der Waals surface area (Å²) in [6.45, 7) is 0. The molecule has 2 heterocycles. The Morgan fingerprint density at radius 2 is 1.57 bits per heavy atom. The molecular formula is C7H6N4O3. The van der Waals surface area contributed by atoms with E-state index < -0.39 is 6.16 Å². The molecule has 0 fully saturated rings. The Morgan fingerprint density at radius 1 is 1.07 bits per heavy atom. The van der Waals surface area contributed by atoms with Crippen LogP contribution in [0.1, 0.15) is 0 Å². The number of aromatic nitrogens is 4. The fraction of sp³-hybridized carbons (Fsp3) is 0. The number of hydrogen-bond donors (Lipinski definition) is 2. The number of nitrogens with zero attached hydrogens (tertiary/aromatic N) is 2. The number of hydrogen-bond acceptors (Lipinski definition) is 5. The van der Waals surface area contributed by atoms with Crippen LogP contribution in [0.2, 0.25) is 0 Å². The van der Waals surface area contributed by atoms with Crippen LogP contribution < -0.4 is 9.47 Å². The Labute approximate surface area is 78.1 Å². The van der Waals surface area contributed by atoms with E-state index in [-0.39, 0.29) is 12.0 Å². The molecule has 0 saturated carbocycles. The average Bonchev–Trinajstić information content (AvgIpc) is 2.76. The van der Waals surface area contributed by atoms with E-state index >= 15 is 0 Å². The van der Waals surface area contributed by atoms with Crippen molar-refractivity contribution in [3.63, 3.8) is 0 Å².